The van der Waals surface area contributed by atoms with Gasteiger partial charge >= 0.3 is 0 Å². The summed E-state index contributed by atoms with van der Waals surface area (Å²) in [4.78, 5) is 14.1. The fourth-order valence-corrected chi connectivity index (χ4v) is 2.99. The predicted molar refractivity (Wildman–Crippen MR) is 70.5 cm³/mol. The van der Waals surface area contributed by atoms with Gasteiger partial charge in [0.2, 0.25) is 0 Å². The quantitative estimate of drug-likeness (QED) is 0.803. The van der Waals surface area contributed by atoms with Gasteiger partial charge in [0.25, 0.3) is 5.91 Å². The molecule has 1 unspecified atom stereocenters. The van der Waals surface area contributed by atoms with Crippen LogP contribution >= 0.6 is 15.9 Å². The number of nitrogens with zero attached hydrogens (tertiary/aromatic N) is 1. The monoisotopic (exact) mass is 299 g/mol. The van der Waals surface area contributed by atoms with Crippen LogP contribution in [0, 0.1) is 12.8 Å². The lowest BCUT2D eigenvalue weighted by Crippen LogP contribution is -2.39. The number of amides is 1. The largest absolute Gasteiger partial charge is 0.456 e. The lowest BCUT2D eigenvalue weighted by molar-refractivity contribution is 0.0638. The summed E-state index contributed by atoms with van der Waals surface area (Å²) in [5.74, 6) is 1.94. The van der Waals surface area contributed by atoms with Crippen LogP contribution in [-0.4, -0.2) is 29.2 Å². The number of alkyl halides is 1. The second-order valence-corrected chi connectivity index (χ2v) is 5.44. The van der Waals surface area contributed by atoms with E-state index in [0.29, 0.717) is 11.7 Å². The zero-order chi connectivity index (χ0) is 12.3. The van der Waals surface area contributed by atoms with E-state index in [1.165, 1.54) is 6.42 Å². The number of piperidine rings is 1. The van der Waals surface area contributed by atoms with Crippen LogP contribution in [0.2, 0.25) is 0 Å². The number of aryl methyl sites for hydroxylation is 1. The number of hydrogen-bond acceptors (Lipinski definition) is 2. The Morgan fingerprint density at radius 2 is 2.41 bits per heavy atom. The van der Waals surface area contributed by atoms with Crippen molar-refractivity contribution in [2.24, 2.45) is 5.92 Å². The summed E-state index contributed by atoms with van der Waals surface area (Å²) >= 11 is 3.47. The van der Waals surface area contributed by atoms with Crippen LogP contribution in [0.25, 0.3) is 0 Å². The highest BCUT2D eigenvalue weighted by Crippen LogP contribution is 2.22. The van der Waals surface area contributed by atoms with E-state index < -0.39 is 0 Å². The molecule has 1 saturated heterocycles. The zero-order valence-corrected chi connectivity index (χ0v) is 11.7. The molecule has 0 aromatic carbocycles. The van der Waals surface area contributed by atoms with E-state index >= 15 is 0 Å². The predicted octanol–water partition coefficient (Wildman–Crippen LogP) is 3.23. The van der Waals surface area contributed by atoms with Gasteiger partial charge < -0.3 is 9.32 Å². The van der Waals surface area contributed by atoms with Crippen molar-refractivity contribution in [1.29, 1.82) is 0 Å². The molecule has 0 saturated carbocycles. The molecular weight excluding hydrogens is 282 g/mol. The number of furan rings is 1. The van der Waals surface area contributed by atoms with E-state index in [4.69, 9.17) is 4.42 Å². The van der Waals surface area contributed by atoms with Gasteiger partial charge in [-0.1, -0.05) is 15.9 Å². The first-order chi connectivity index (χ1) is 8.20. The minimum absolute atomic E-state index is 0.0392. The topological polar surface area (TPSA) is 33.5 Å². The molecule has 2 heterocycles. The van der Waals surface area contributed by atoms with Crippen LogP contribution in [0.3, 0.4) is 0 Å². The Kier molecular flexibility index (Phi) is 4.26. The summed E-state index contributed by atoms with van der Waals surface area (Å²) in [6.45, 7) is 3.59. The molecule has 0 radical (unpaired) electrons. The molecule has 4 heteroatoms. The van der Waals surface area contributed by atoms with Crippen LogP contribution in [-0.2, 0) is 0 Å². The maximum Gasteiger partial charge on any atom is 0.289 e. The molecule has 1 aromatic heterocycles. The number of likely N-dealkylation sites (tertiary alicyclic amines) is 1. The van der Waals surface area contributed by atoms with E-state index in [2.05, 4.69) is 15.9 Å². The van der Waals surface area contributed by atoms with Crippen molar-refractivity contribution in [3.63, 3.8) is 0 Å². The summed E-state index contributed by atoms with van der Waals surface area (Å²) in [6, 6.07) is 3.61. The first-order valence-corrected chi connectivity index (χ1v) is 7.24. The summed E-state index contributed by atoms with van der Waals surface area (Å²) in [5, 5.41) is 1.01. The summed E-state index contributed by atoms with van der Waals surface area (Å²) in [5.41, 5.74) is 0. The highest BCUT2D eigenvalue weighted by Gasteiger charge is 2.25. The zero-order valence-electron chi connectivity index (χ0n) is 10.1. The van der Waals surface area contributed by atoms with Crippen LogP contribution in [0.5, 0.6) is 0 Å². The molecule has 1 aromatic rings. The third-order valence-corrected chi connectivity index (χ3v) is 3.73. The molecule has 3 nitrogen and oxygen atoms in total. The molecule has 1 amide bonds. The standard InChI is InChI=1S/C13H18BrNO2/c1-10-4-5-12(17-10)13(16)15-8-2-3-11(9-15)6-7-14/h4-5,11H,2-3,6-9H2,1H3. The SMILES string of the molecule is Cc1ccc(C(=O)N2CCCC(CCBr)C2)o1. The summed E-state index contributed by atoms with van der Waals surface area (Å²) in [6.07, 6.45) is 3.47. The fourth-order valence-electron chi connectivity index (χ4n) is 2.34. The Hall–Kier alpha value is -0.770. The Morgan fingerprint density at radius 1 is 1.59 bits per heavy atom. The molecule has 0 spiro atoms. The van der Waals surface area contributed by atoms with Crippen molar-refractivity contribution in [3.8, 4) is 0 Å². The Morgan fingerprint density at radius 3 is 3.06 bits per heavy atom. The number of carbonyl (C=O) groups is 1. The van der Waals surface area contributed by atoms with Crippen LogP contribution in [0.15, 0.2) is 16.5 Å². The van der Waals surface area contributed by atoms with Crippen LogP contribution < -0.4 is 0 Å². The van der Waals surface area contributed by atoms with Gasteiger partial charge in [-0.3, -0.25) is 4.79 Å². The number of carbonyl (C=O) groups excluding carboxylic acids is 1. The van der Waals surface area contributed by atoms with Gasteiger partial charge in [0.05, 0.1) is 0 Å². The van der Waals surface area contributed by atoms with Gasteiger partial charge in [-0.05, 0) is 44.2 Å². The maximum atomic E-state index is 12.2. The minimum Gasteiger partial charge on any atom is -0.456 e. The highest BCUT2D eigenvalue weighted by molar-refractivity contribution is 9.09. The van der Waals surface area contributed by atoms with Gasteiger partial charge in [0.1, 0.15) is 5.76 Å². The van der Waals surface area contributed by atoms with Crippen molar-refractivity contribution < 1.29 is 9.21 Å². The molecule has 1 fully saturated rings. The average molecular weight is 300 g/mol. The number of hydrogen-bond donors (Lipinski definition) is 0. The number of halogens is 1. The van der Waals surface area contributed by atoms with Crippen molar-refractivity contribution in [2.45, 2.75) is 26.2 Å². The molecule has 0 N–H and O–H groups in total. The normalized spacial score (nSPS) is 20.6. The molecule has 0 aliphatic carbocycles. The van der Waals surface area contributed by atoms with Crippen molar-refractivity contribution in [1.82, 2.24) is 4.90 Å². The summed E-state index contributed by atoms with van der Waals surface area (Å²) in [7, 11) is 0. The van der Waals surface area contributed by atoms with E-state index in [9.17, 15) is 4.79 Å². The third kappa shape index (κ3) is 3.12. The summed E-state index contributed by atoms with van der Waals surface area (Å²) < 4.78 is 5.39. The van der Waals surface area contributed by atoms with E-state index in [0.717, 1.165) is 37.0 Å². The van der Waals surface area contributed by atoms with Crippen LogP contribution in [0.4, 0.5) is 0 Å². The number of rotatable bonds is 3. The first kappa shape index (κ1) is 12.7. The van der Waals surface area contributed by atoms with Crippen molar-refractivity contribution in [2.75, 3.05) is 18.4 Å². The molecule has 1 atom stereocenters. The molecular formula is C13H18BrNO2. The molecule has 0 bridgehead atoms. The Labute approximate surface area is 110 Å². The van der Waals surface area contributed by atoms with Crippen molar-refractivity contribution in [3.05, 3.63) is 23.7 Å². The Bertz CT molecular complexity index is 387. The van der Waals surface area contributed by atoms with Crippen molar-refractivity contribution >= 4 is 21.8 Å². The van der Waals surface area contributed by atoms with E-state index in [1.54, 1.807) is 6.07 Å². The third-order valence-electron chi connectivity index (χ3n) is 3.27. The molecule has 1 aliphatic rings. The van der Waals surface area contributed by atoms with Gasteiger partial charge in [-0.15, -0.1) is 0 Å². The lowest BCUT2D eigenvalue weighted by Gasteiger charge is -2.32. The average Bonchev–Trinajstić information content (AvgIpc) is 2.76. The van der Waals surface area contributed by atoms with Gasteiger partial charge in [-0.25, -0.2) is 0 Å². The molecule has 17 heavy (non-hydrogen) atoms. The van der Waals surface area contributed by atoms with E-state index in [-0.39, 0.29) is 5.91 Å². The minimum atomic E-state index is 0.0392. The second-order valence-electron chi connectivity index (χ2n) is 4.65. The van der Waals surface area contributed by atoms with E-state index in [1.807, 2.05) is 17.9 Å². The van der Waals surface area contributed by atoms with Crippen LogP contribution in [0.1, 0.15) is 35.6 Å². The molecule has 94 valence electrons. The molecule has 2 rings (SSSR count). The first-order valence-electron chi connectivity index (χ1n) is 6.12. The molecule has 1 aliphatic heterocycles. The lowest BCUT2D eigenvalue weighted by atomic mass is 9.95. The van der Waals surface area contributed by atoms with Gasteiger partial charge in [0, 0.05) is 18.4 Å². The smallest absolute Gasteiger partial charge is 0.289 e. The maximum absolute atomic E-state index is 12.2. The van der Waals surface area contributed by atoms with Gasteiger partial charge in [0.15, 0.2) is 5.76 Å². The fraction of sp³-hybridized carbons (Fsp3) is 0.615. The Balaban J connectivity index is 1.99. The van der Waals surface area contributed by atoms with Gasteiger partial charge in [-0.2, -0.15) is 0 Å². The second kappa shape index (κ2) is 5.71. The highest BCUT2D eigenvalue weighted by atomic mass is 79.9.